The number of thiazole rings is 1. The van der Waals surface area contributed by atoms with E-state index in [0.29, 0.717) is 27.7 Å². The van der Waals surface area contributed by atoms with E-state index in [-0.39, 0.29) is 30.7 Å². The highest BCUT2D eigenvalue weighted by molar-refractivity contribution is 7.07. The average Bonchev–Trinajstić information content (AvgIpc) is 3.38. The smallest absolute Gasteiger partial charge is 0.256 e. The van der Waals surface area contributed by atoms with Gasteiger partial charge in [0.05, 0.1) is 22.5 Å². The molecule has 186 valence electrons. The number of rotatable bonds is 6. The number of halogens is 1. The van der Waals surface area contributed by atoms with E-state index in [0.717, 1.165) is 16.8 Å². The summed E-state index contributed by atoms with van der Waals surface area (Å²) in [6.45, 7) is 2.09. The lowest BCUT2D eigenvalue weighted by Gasteiger charge is -2.28. The van der Waals surface area contributed by atoms with Gasteiger partial charge in [-0.05, 0) is 54.4 Å². The molecule has 10 heteroatoms. The highest BCUT2D eigenvalue weighted by Crippen LogP contribution is 2.29. The van der Waals surface area contributed by atoms with Gasteiger partial charge in [0.1, 0.15) is 11.9 Å². The zero-order valence-corrected chi connectivity index (χ0v) is 21.3. The van der Waals surface area contributed by atoms with E-state index in [1.807, 2.05) is 18.4 Å². The van der Waals surface area contributed by atoms with Crippen LogP contribution in [0.4, 0.5) is 11.5 Å². The number of benzene rings is 2. The molecular weight excluding hydrogens is 510 g/mol. The number of anilines is 2. The molecule has 8 nitrogen and oxygen atoms in total. The summed E-state index contributed by atoms with van der Waals surface area (Å²) in [5, 5.41) is 7.91. The van der Waals surface area contributed by atoms with Crippen LogP contribution in [0.1, 0.15) is 37.5 Å². The molecule has 0 radical (unpaired) electrons. The third kappa shape index (κ3) is 5.52. The van der Waals surface area contributed by atoms with Gasteiger partial charge in [0.15, 0.2) is 0 Å². The van der Waals surface area contributed by atoms with Crippen LogP contribution in [-0.4, -0.2) is 38.6 Å². The number of hydrogen-bond acceptors (Lipinski definition) is 6. The third-order valence-electron chi connectivity index (χ3n) is 6.02. The molecule has 3 heterocycles. The molecule has 0 spiro atoms. The Morgan fingerprint density at radius 3 is 2.62 bits per heavy atom. The molecule has 5 rings (SSSR count). The summed E-state index contributed by atoms with van der Waals surface area (Å²) < 4.78 is 0. The van der Waals surface area contributed by atoms with Crippen molar-refractivity contribution in [2.24, 2.45) is 0 Å². The molecule has 1 aliphatic heterocycles. The first-order chi connectivity index (χ1) is 17.9. The van der Waals surface area contributed by atoms with E-state index in [1.165, 1.54) is 11.3 Å². The van der Waals surface area contributed by atoms with Crippen LogP contribution in [-0.2, 0) is 17.8 Å². The maximum Gasteiger partial charge on any atom is 0.256 e. The molecule has 1 atom stereocenters. The van der Waals surface area contributed by atoms with Crippen molar-refractivity contribution in [3.05, 3.63) is 105 Å². The molecule has 2 N–H and O–H groups in total. The summed E-state index contributed by atoms with van der Waals surface area (Å²) in [5.41, 5.74) is 5.38. The number of aromatic nitrogens is 2. The van der Waals surface area contributed by atoms with Gasteiger partial charge in [-0.25, -0.2) is 9.97 Å². The first kappa shape index (κ1) is 24.6. The largest absolute Gasteiger partial charge is 0.323 e. The van der Waals surface area contributed by atoms with Gasteiger partial charge in [-0.3, -0.25) is 14.4 Å². The molecular formula is C27H22ClN5O3S. The minimum atomic E-state index is -0.781. The van der Waals surface area contributed by atoms with E-state index in [2.05, 4.69) is 20.6 Å². The van der Waals surface area contributed by atoms with Crippen LogP contribution in [0.5, 0.6) is 0 Å². The van der Waals surface area contributed by atoms with Crippen molar-refractivity contribution >= 4 is 52.2 Å². The molecule has 37 heavy (non-hydrogen) atoms. The lowest BCUT2D eigenvalue weighted by atomic mass is 10.1. The standard InChI is InChI=1S/C27H22ClN5O3S/c1-16-2-9-24(29-12-16)32-25(34)18-5-3-17(4-6-18)13-33-23(11-20-14-37-15-30-20)26(35)31-22-10-19(28)7-8-21(22)27(33)36/h2-10,12,14-15,23H,11,13H2,1H3,(H,31,35)(H,29,32,34). The number of pyridine rings is 1. The SMILES string of the molecule is Cc1ccc(NC(=O)c2ccc(CN3C(=O)c4ccc(Cl)cc4NC(=O)C3Cc3cscn3)cc2)nc1. The summed E-state index contributed by atoms with van der Waals surface area (Å²) in [5.74, 6) is -0.439. The number of carbonyl (C=O) groups is 3. The highest BCUT2D eigenvalue weighted by Gasteiger charge is 2.36. The van der Waals surface area contributed by atoms with E-state index in [9.17, 15) is 14.4 Å². The first-order valence-corrected chi connectivity index (χ1v) is 12.8. The minimum Gasteiger partial charge on any atom is -0.323 e. The monoisotopic (exact) mass is 531 g/mol. The van der Waals surface area contributed by atoms with Crippen LogP contribution in [0.2, 0.25) is 5.02 Å². The second-order valence-corrected chi connectivity index (χ2v) is 9.84. The number of fused-ring (bicyclic) bond motifs is 1. The van der Waals surface area contributed by atoms with Gasteiger partial charge in [0.2, 0.25) is 5.91 Å². The normalized spacial score (nSPS) is 15.1. The van der Waals surface area contributed by atoms with Gasteiger partial charge >= 0.3 is 0 Å². The predicted molar refractivity (Wildman–Crippen MR) is 143 cm³/mol. The van der Waals surface area contributed by atoms with E-state index in [4.69, 9.17) is 11.6 Å². The highest BCUT2D eigenvalue weighted by atomic mass is 35.5. The predicted octanol–water partition coefficient (Wildman–Crippen LogP) is 4.96. The Balaban J connectivity index is 1.40. The lowest BCUT2D eigenvalue weighted by molar-refractivity contribution is -0.120. The van der Waals surface area contributed by atoms with Crippen LogP contribution in [0.15, 0.2) is 71.7 Å². The second-order valence-electron chi connectivity index (χ2n) is 8.68. The zero-order valence-electron chi connectivity index (χ0n) is 19.8. The quantitative estimate of drug-likeness (QED) is 0.366. The number of amides is 3. The van der Waals surface area contributed by atoms with E-state index >= 15 is 0 Å². The van der Waals surface area contributed by atoms with Gasteiger partial charge in [-0.1, -0.05) is 29.8 Å². The number of nitrogens with one attached hydrogen (secondary N) is 2. The summed E-state index contributed by atoms with van der Waals surface area (Å²) in [6, 6.07) is 14.6. The van der Waals surface area contributed by atoms with Gasteiger partial charge in [0, 0.05) is 35.1 Å². The van der Waals surface area contributed by atoms with Crippen LogP contribution in [0.25, 0.3) is 0 Å². The van der Waals surface area contributed by atoms with Crippen molar-refractivity contribution < 1.29 is 14.4 Å². The summed E-state index contributed by atoms with van der Waals surface area (Å²) >= 11 is 7.55. The fraction of sp³-hybridized carbons (Fsp3) is 0.148. The first-order valence-electron chi connectivity index (χ1n) is 11.5. The molecule has 0 saturated carbocycles. The summed E-state index contributed by atoms with van der Waals surface area (Å²) in [6.07, 6.45) is 1.95. The Morgan fingerprint density at radius 1 is 1.11 bits per heavy atom. The molecule has 3 amide bonds. The average molecular weight is 532 g/mol. The maximum atomic E-state index is 13.6. The van der Waals surface area contributed by atoms with Crippen LogP contribution >= 0.6 is 22.9 Å². The summed E-state index contributed by atoms with van der Waals surface area (Å²) in [7, 11) is 0. The molecule has 0 bridgehead atoms. The van der Waals surface area contributed by atoms with Crippen LogP contribution in [0.3, 0.4) is 0 Å². The van der Waals surface area contributed by atoms with Gasteiger partial charge in [-0.15, -0.1) is 11.3 Å². The Bertz CT molecular complexity index is 1460. The molecule has 0 saturated heterocycles. The van der Waals surface area contributed by atoms with Crippen LogP contribution in [0, 0.1) is 6.92 Å². The van der Waals surface area contributed by atoms with Gasteiger partial charge in [-0.2, -0.15) is 0 Å². The zero-order chi connectivity index (χ0) is 25.9. The Kier molecular flexibility index (Phi) is 6.98. The Morgan fingerprint density at radius 2 is 1.92 bits per heavy atom. The molecule has 1 aliphatic rings. The van der Waals surface area contributed by atoms with Crippen molar-refractivity contribution in [1.82, 2.24) is 14.9 Å². The van der Waals surface area contributed by atoms with Gasteiger partial charge < -0.3 is 15.5 Å². The minimum absolute atomic E-state index is 0.171. The summed E-state index contributed by atoms with van der Waals surface area (Å²) in [4.78, 5) is 49.6. The Labute approximate surface area is 222 Å². The molecule has 2 aromatic heterocycles. The molecule has 2 aromatic carbocycles. The number of carbonyl (C=O) groups excluding carboxylic acids is 3. The van der Waals surface area contributed by atoms with Crippen molar-refractivity contribution in [2.45, 2.75) is 25.9 Å². The molecule has 0 fully saturated rings. The van der Waals surface area contributed by atoms with Crippen molar-refractivity contribution in [2.75, 3.05) is 10.6 Å². The number of nitrogens with zero attached hydrogens (tertiary/aromatic N) is 3. The van der Waals surface area contributed by atoms with Crippen molar-refractivity contribution in [1.29, 1.82) is 0 Å². The van der Waals surface area contributed by atoms with Crippen molar-refractivity contribution in [3.63, 3.8) is 0 Å². The van der Waals surface area contributed by atoms with E-state index < -0.39 is 6.04 Å². The molecule has 4 aromatic rings. The second kappa shape index (κ2) is 10.5. The maximum absolute atomic E-state index is 13.6. The fourth-order valence-electron chi connectivity index (χ4n) is 4.07. The van der Waals surface area contributed by atoms with Crippen molar-refractivity contribution in [3.8, 4) is 0 Å². The van der Waals surface area contributed by atoms with E-state index in [1.54, 1.807) is 65.1 Å². The third-order valence-corrected chi connectivity index (χ3v) is 6.89. The molecule has 0 aliphatic carbocycles. The number of hydrogen-bond donors (Lipinski definition) is 2. The Hall–Kier alpha value is -4.08. The fourth-order valence-corrected chi connectivity index (χ4v) is 4.81. The number of aryl methyl sites for hydroxylation is 1. The van der Waals surface area contributed by atoms with Gasteiger partial charge in [0.25, 0.3) is 11.8 Å². The topological polar surface area (TPSA) is 104 Å². The van der Waals surface area contributed by atoms with Crippen LogP contribution < -0.4 is 10.6 Å². The lowest BCUT2D eigenvalue weighted by Crippen LogP contribution is -2.46. The molecule has 1 unspecified atom stereocenters.